The number of nitrogens with two attached hydrogens (primary N) is 1. The van der Waals surface area contributed by atoms with Crippen LogP contribution in [0.25, 0.3) is 0 Å². The molecule has 2 nitrogen and oxygen atoms in total. The summed E-state index contributed by atoms with van der Waals surface area (Å²) in [5, 5.41) is 0. The van der Waals surface area contributed by atoms with Gasteiger partial charge in [0, 0.05) is 22.6 Å². The fourth-order valence-corrected chi connectivity index (χ4v) is 3.29. The number of rotatable bonds is 1. The average Bonchev–Trinajstić information content (AvgIpc) is 2.60. The van der Waals surface area contributed by atoms with Gasteiger partial charge in [-0.05, 0) is 44.9 Å². The van der Waals surface area contributed by atoms with Crippen LogP contribution in [0.5, 0.6) is 0 Å². The molecule has 0 saturated carbocycles. The van der Waals surface area contributed by atoms with Crippen molar-refractivity contribution in [2.45, 2.75) is 44.8 Å². The molecule has 0 aromatic heterocycles. The number of benzene rings is 1. The second-order valence-corrected chi connectivity index (χ2v) is 6.78. The molecule has 2 rings (SSSR count). The van der Waals surface area contributed by atoms with E-state index in [9.17, 15) is 4.39 Å². The fraction of sp³-hybridized carbons (Fsp3) is 0.571. The van der Waals surface area contributed by atoms with Crippen LogP contribution in [0, 0.1) is 5.82 Å². The van der Waals surface area contributed by atoms with E-state index in [0.717, 1.165) is 23.0 Å². The van der Waals surface area contributed by atoms with Crippen LogP contribution in [-0.4, -0.2) is 23.0 Å². The minimum absolute atomic E-state index is 0.0621. The van der Waals surface area contributed by atoms with Gasteiger partial charge in [0.2, 0.25) is 0 Å². The van der Waals surface area contributed by atoms with E-state index in [1.165, 1.54) is 12.1 Å². The molecule has 2 atom stereocenters. The smallest absolute Gasteiger partial charge is 0.124 e. The molecule has 0 bridgehead atoms. The molecule has 100 valence electrons. The predicted octanol–water partition coefficient (Wildman–Crippen LogP) is 3.46. The van der Waals surface area contributed by atoms with E-state index in [2.05, 4.69) is 41.6 Å². The molecule has 2 N–H and O–H groups in total. The first kappa shape index (κ1) is 14.0. The normalized spacial score (nSPS) is 25.7. The summed E-state index contributed by atoms with van der Waals surface area (Å²) < 4.78 is 14.0. The summed E-state index contributed by atoms with van der Waals surface area (Å²) in [5.41, 5.74) is 7.39. The minimum atomic E-state index is -0.223. The van der Waals surface area contributed by atoms with E-state index < -0.39 is 0 Å². The van der Waals surface area contributed by atoms with Crippen molar-refractivity contribution in [2.24, 2.45) is 5.73 Å². The molecule has 0 spiro atoms. The van der Waals surface area contributed by atoms with E-state index in [1.807, 2.05) is 6.07 Å². The van der Waals surface area contributed by atoms with Gasteiger partial charge in [-0.25, -0.2) is 4.39 Å². The lowest BCUT2D eigenvalue weighted by molar-refractivity contribution is 0.116. The van der Waals surface area contributed by atoms with Crippen molar-refractivity contribution in [1.82, 2.24) is 4.90 Å². The quantitative estimate of drug-likeness (QED) is 0.860. The summed E-state index contributed by atoms with van der Waals surface area (Å²) in [4.78, 5) is 2.40. The Balaban J connectivity index is 2.40. The van der Waals surface area contributed by atoms with Gasteiger partial charge in [0.1, 0.15) is 5.82 Å². The molecule has 4 heteroatoms. The lowest BCUT2D eigenvalue weighted by atomic mass is 9.97. The molecule has 0 aliphatic carbocycles. The van der Waals surface area contributed by atoms with Crippen LogP contribution in [-0.2, 0) is 0 Å². The van der Waals surface area contributed by atoms with Crippen molar-refractivity contribution in [3.05, 3.63) is 34.1 Å². The lowest BCUT2D eigenvalue weighted by Gasteiger charge is -2.38. The first-order chi connectivity index (χ1) is 8.30. The lowest BCUT2D eigenvalue weighted by Crippen LogP contribution is -2.43. The molecule has 0 radical (unpaired) electrons. The Morgan fingerprint density at radius 3 is 2.61 bits per heavy atom. The first-order valence-electron chi connectivity index (χ1n) is 6.28. The van der Waals surface area contributed by atoms with Gasteiger partial charge in [-0.2, -0.15) is 0 Å². The van der Waals surface area contributed by atoms with E-state index in [1.54, 1.807) is 0 Å². The van der Waals surface area contributed by atoms with Gasteiger partial charge in [-0.15, -0.1) is 0 Å². The van der Waals surface area contributed by atoms with Crippen LogP contribution < -0.4 is 5.73 Å². The molecular weight excluding hydrogens is 295 g/mol. The zero-order valence-corrected chi connectivity index (χ0v) is 12.7. The number of likely N-dealkylation sites (tertiary alicyclic amines) is 1. The second kappa shape index (κ2) is 4.91. The molecule has 1 aromatic rings. The Bertz CT molecular complexity index is 442. The Hall–Kier alpha value is -0.450. The highest BCUT2D eigenvalue weighted by atomic mass is 79.9. The molecule has 1 aliphatic heterocycles. The van der Waals surface area contributed by atoms with Crippen LogP contribution in [0.1, 0.15) is 38.8 Å². The Morgan fingerprint density at radius 1 is 1.39 bits per heavy atom. The van der Waals surface area contributed by atoms with Crippen LogP contribution in [0.4, 0.5) is 4.39 Å². The average molecular weight is 315 g/mol. The zero-order valence-electron chi connectivity index (χ0n) is 11.1. The van der Waals surface area contributed by atoms with E-state index in [0.29, 0.717) is 0 Å². The Morgan fingerprint density at radius 2 is 2.06 bits per heavy atom. The molecule has 1 saturated heterocycles. The van der Waals surface area contributed by atoms with Gasteiger partial charge in [0.05, 0.1) is 6.04 Å². The highest BCUT2D eigenvalue weighted by molar-refractivity contribution is 9.10. The van der Waals surface area contributed by atoms with Crippen molar-refractivity contribution in [1.29, 1.82) is 0 Å². The summed E-state index contributed by atoms with van der Waals surface area (Å²) in [6.07, 6.45) is 0.978. The molecule has 1 fully saturated rings. The summed E-state index contributed by atoms with van der Waals surface area (Å²) in [6, 6.07) is 5.12. The molecule has 2 unspecified atom stereocenters. The van der Waals surface area contributed by atoms with Crippen molar-refractivity contribution in [2.75, 3.05) is 6.54 Å². The van der Waals surface area contributed by atoms with Crippen molar-refractivity contribution >= 4 is 15.9 Å². The monoisotopic (exact) mass is 314 g/mol. The maximum atomic E-state index is 13.2. The largest absolute Gasteiger partial charge is 0.326 e. The topological polar surface area (TPSA) is 29.3 Å². The second-order valence-electron chi connectivity index (χ2n) is 5.93. The van der Waals surface area contributed by atoms with Crippen LogP contribution in [0.2, 0.25) is 0 Å². The van der Waals surface area contributed by atoms with Crippen molar-refractivity contribution in [3.63, 3.8) is 0 Å². The van der Waals surface area contributed by atoms with Gasteiger partial charge in [0.15, 0.2) is 0 Å². The Kier molecular flexibility index (Phi) is 3.81. The van der Waals surface area contributed by atoms with Gasteiger partial charge in [-0.1, -0.05) is 22.0 Å². The summed E-state index contributed by atoms with van der Waals surface area (Å²) in [5.74, 6) is -0.223. The number of hydrogen-bond donors (Lipinski definition) is 1. The van der Waals surface area contributed by atoms with Gasteiger partial charge in [0.25, 0.3) is 0 Å². The van der Waals surface area contributed by atoms with E-state index in [-0.39, 0.29) is 23.4 Å². The van der Waals surface area contributed by atoms with Gasteiger partial charge >= 0.3 is 0 Å². The SMILES string of the molecule is CC(C)(C)N1CCC(N)C1c1ccc(F)cc1Br. The summed E-state index contributed by atoms with van der Waals surface area (Å²) in [6.45, 7) is 7.56. The molecular formula is C14H20BrFN2. The Labute approximate surface area is 116 Å². The third kappa shape index (κ3) is 2.60. The van der Waals surface area contributed by atoms with Crippen LogP contribution >= 0.6 is 15.9 Å². The van der Waals surface area contributed by atoms with E-state index >= 15 is 0 Å². The number of hydrogen-bond acceptors (Lipinski definition) is 2. The highest BCUT2D eigenvalue weighted by Crippen LogP contribution is 2.39. The summed E-state index contributed by atoms with van der Waals surface area (Å²) in [7, 11) is 0. The fourth-order valence-electron chi connectivity index (χ4n) is 2.71. The minimum Gasteiger partial charge on any atom is -0.326 e. The molecule has 1 aromatic carbocycles. The number of nitrogens with zero attached hydrogens (tertiary/aromatic N) is 1. The van der Waals surface area contributed by atoms with E-state index in [4.69, 9.17) is 5.73 Å². The zero-order chi connectivity index (χ0) is 13.5. The number of halogens is 2. The maximum Gasteiger partial charge on any atom is 0.124 e. The van der Waals surface area contributed by atoms with Crippen LogP contribution in [0.3, 0.4) is 0 Å². The van der Waals surface area contributed by atoms with Crippen LogP contribution in [0.15, 0.2) is 22.7 Å². The standard InChI is InChI=1S/C14H20BrFN2/c1-14(2,3)18-7-6-12(17)13(18)10-5-4-9(16)8-11(10)15/h4-5,8,12-13H,6-7,17H2,1-3H3. The van der Waals surface area contributed by atoms with Crippen molar-refractivity contribution < 1.29 is 4.39 Å². The molecule has 1 heterocycles. The predicted molar refractivity (Wildman–Crippen MR) is 75.9 cm³/mol. The van der Waals surface area contributed by atoms with Gasteiger partial charge < -0.3 is 5.73 Å². The third-order valence-corrected chi connectivity index (χ3v) is 4.27. The molecule has 18 heavy (non-hydrogen) atoms. The van der Waals surface area contributed by atoms with Gasteiger partial charge in [-0.3, -0.25) is 4.90 Å². The molecule has 0 amide bonds. The summed E-state index contributed by atoms with van der Waals surface area (Å²) >= 11 is 3.46. The third-order valence-electron chi connectivity index (χ3n) is 3.59. The molecule has 1 aliphatic rings. The maximum absolute atomic E-state index is 13.2. The first-order valence-corrected chi connectivity index (χ1v) is 7.07. The highest BCUT2D eigenvalue weighted by Gasteiger charge is 2.39. The van der Waals surface area contributed by atoms with Crippen molar-refractivity contribution in [3.8, 4) is 0 Å².